The molecule has 0 aromatic heterocycles. The van der Waals surface area contributed by atoms with Gasteiger partial charge in [0.05, 0.1) is 0 Å². The van der Waals surface area contributed by atoms with Gasteiger partial charge in [-0.25, -0.2) is 9.59 Å². The number of hydrogen-bond donors (Lipinski definition) is 3. The van der Waals surface area contributed by atoms with Crippen LogP contribution in [0.2, 0.25) is 0 Å². The minimum atomic E-state index is -1.82. The smallest absolute Gasteiger partial charge is 0.414 e. The Balaban J connectivity index is 0.000000315. The number of nitrogens with one attached hydrogen (secondary N) is 1. The third-order valence-electron chi connectivity index (χ3n) is 4.07. The van der Waals surface area contributed by atoms with E-state index in [9.17, 15) is 0 Å². The highest BCUT2D eigenvalue weighted by Crippen LogP contribution is 2.17. The first-order valence-electron chi connectivity index (χ1n) is 7.91. The van der Waals surface area contributed by atoms with Crippen molar-refractivity contribution in [2.75, 3.05) is 26.2 Å². The van der Waals surface area contributed by atoms with E-state index in [1.54, 1.807) is 0 Å². The molecule has 21 heavy (non-hydrogen) atoms. The highest BCUT2D eigenvalue weighted by atomic mass is 16.4. The van der Waals surface area contributed by atoms with E-state index in [1.807, 2.05) is 0 Å². The Morgan fingerprint density at radius 3 is 2.43 bits per heavy atom. The summed E-state index contributed by atoms with van der Waals surface area (Å²) in [5.41, 5.74) is 0. The molecule has 2 unspecified atom stereocenters. The summed E-state index contributed by atoms with van der Waals surface area (Å²) >= 11 is 0. The van der Waals surface area contributed by atoms with Gasteiger partial charge in [0.15, 0.2) is 0 Å². The van der Waals surface area contributed by atoms with E-state index in [2.05, 4.69) is 17.1 Å². The quantitative estimate of drug-likeness (QED) is 0.668. The Kier molecular flexibility index (Phi) is 8.30. The maximum Gasteiger partial charge on any atom is 0.414 e. The standard InChI is InChI=1S/C13H26N2.C2H2O4/c1-12-6-5-9-15(10-12)11-13-7-3-2-4-8-14-13;3-1(4)2(5)6/h12-14H,2-11H2,1H3;(H,3,4)(H,5,6). The summed E-state index contributed by atoms with van der Waals surface area (Å²) in [6.07, 6.45) is 8.49. The molecule has 2 heterocycles. The first-order valence-corrected chi connectivity index (χ1v) is 7.91. The molecular weight excluding hydrogens is 272 g/mol. The van der Waals surface area contributed by atoms with Crippen LogP contribution in [-0.2, 0) is 9.59 Å². The molecule has 0 amide bonds. The molecular formula is C15H28N2O4. The molecule has 2 aliphatic rings. The minimum Gasteiger partial charge on any atom is -0.473 e. The summed E-state index contributed by atoms with van der Waals surface area (Å²) in [6, 6.07) is 0.776. The fourth-order valence-corrected chi connectivity index (χ4v) is 3.02. The zero-order chi connectivity index (χ0) is 15.7. The lowest BCUT2D eigenvalue weighted by Gasteiger charge is -2.33. The number of aliphatic carboxylic acids is 2. The Hall–Kier alpha value is -1.14. The number of carboxylic acid groups (broad SMARTS) is 2. The van der Waals surface area contributed by atoms with Crippen molar-refractivity contribution in [1.29, 1.82) is 0 Å². The number of hydrogen-bond acceptors (Lipinski definition) is 4. The van der Waals surface area contributed by atoms with Crippen LogP contribution in [0.5, 0.6) is 0 Å². The van der Waals surface area contributed by atoms with Gasteiger partial charge < -0.3 is 20.4 Å². The van der Waals surface area contributed by atoms with Gasteiger partial charge in [-0.2, -0.15) is 0 Å². The summed E-state index contributed by atoms with van der Waals surface area (Å²) in [7, 11) is 0. The average Bonchev–Trinajstić information content (AvgIpc) is 2.68. The molecule has 2 fully saturated rings. The molecule has 0 aromatic carbocycles. The number of piperidine rings is 1. The Labute approximate surface area is 126 Å². The van der Waals surface area contributed by atoms with Crippen molar-refractivity contribution in [3.8, 4) is 0 Å². The minimum absolute atomic E-state index is 0.776. The maximum atomic E-state index is 9.10. The molecule has 6 heteroatoms. The first-order chi connectivity index (χ1) is 9.99. The zero-order valence-corrected chi connectivity index (χ0v) is 12.9. The number of likely N-dealkylation sites (tertiary alicyclic amines) is 1. The SMILES string of the molecule is CC1CCCN(CC2CCCCCN2)C1.O=C(O)C(=O)O. The van der Waals surface area contributed by atoms with Crippen molar-refractivity contribution in [3.63, 3.8) is 0 Å². The summed E-state index contributed by atoms with van der Waals surface area (Å²) in [5, 5.41) is 18.5. The molecule has 6 nitrogen and oxygen atoms in total. The highest BCUT2D eigenvalue weighted by molar-refractivity contribution is 6.27. The van der Waals surface area contributed by atoms with Gasteiger partial charge in [-0.15, -0.1) is 0 Å². The molecule has 2 saturated heterocycles. The fourth-order valence-electron chi connectivity index (χ4n) is 3.02. The summed E-state index contributed by atoms with van der Waals surface area (Å²) in [4.78, 5) is 20.9. The maximum absolute atomic E-state index is 9.10. The van der Waals surface area contributed by atoms with Crippen LogP contribution in [-0.4, -0.2) is 59.3 Å². The van der Waals surface area contributed by atoms with E-state index >= 15 is 0 Å². The van der Waals surface area contributed by atoms with E-state index in [-0.39, 0.29) is 0 Å². The molecule has 0 spiro atoms. The van der Waals surface area contributed by atoms with Crippen molar-refractivity contribution in [3.05, 3.63) is 0 Å². The molecule has 0 bridgehead atoms. The normalized spacial score (nSPS) is 27.1. The Bertz CT molecular complexity index is 316. The Morgan fingerprint density at radius 1 is 1.10 bits per heavy atom. The van der Waals surface area contributed by atoms with Crippen molar-refractivity contribution in [1.82, 2.24) is 10.2 Å². The molecule has 2 aliphatic heterocycles. The van der Waals surface area contributed by atoms with Crippen LogP contribution in [0, 0.1) is 5.92 Å². The van der Waals surface area contributed by atoms with E-state index in [0.29, 0.717) is 0 Å². The second-order valence-corrected chi connectivity index (χ2v) is 6.12. The fraction of sp³-hybridized carbons (Fsp3) is 0.867. The van der Waals surface area contributed by atoms with Crippen LogP contribution >= 0.6 is 0 Å². The van der Waals surface area contributed by atoms with E-state index in [1.165, 1.54) is 64.7 Å². The molecule has 0 radical (unpaired) electrons. The van der Waals surface area contributed by atoms with Crippen LogP contribution < -0.4 is 5.32 Å². The van der Waals surface area contributed by atoms with Gasteiger partial charge in [-0.1, -0.05) is 19.8 Å². The number of carboxylic acids is 2. The predicted molar refractivity (Wildman–Crippen MR) is 80.4 cm³/mol. The molecule has 2 rings (SSSR count). The third kappa shape index (κ3) is 8.02. The predicted octanol–water partition coefficient (Wildman–Crippen LogP) is 1.41. The molecule has 122 valence electrons. The third-order valence-corrected chi connectivity index (χ3v) is 4.07. The topological polar surface area (TPSA) is 89.9 Å². The van der Waals surface area contributed by atoms with Gasteiger partial charge in [-0.3, -0.25) is 0 Å². The largest absolute Gasteiger partial charge is 0.473 e. The average molecular weight is 300 g/mol. The highest BCUT2D eigenvalue weighted by Gasteiger charge is 2.20. The monoisotopic (exact) mass is 300 g/mol. The van der Waals surface area contributed by atoms with E-state index < -0.39 is 11.9 Å². The van der Waals surface area contributed by atoms with Gasteiger partial charge >= 0.3 is 11.9 Å². The van der Waals surface area contributed by atoms with Gasteiger partial charge in [0, 0.05) is 19.1 Å². The molecule has 3 N–H and O–H groups in total. The summed E-state index contributed by atoms with van der Waals surface area (Å²) in [6.45, 7) is 7.60. The lowest BCUT2D eigenvalue weighted by Crippen LogP contribution is -2.44. The second-order valence-electron chi connectivity index (χ2n) is 6.12. The number of carbonyl (C=O) groups is 2. The van der Waals surface area contributed by atoms with Gasteiger partial charge in [0.25, 0.3) is 0 Å². The summed E-state index contributed by atoms with van der Waals surface area (Å²) in [5.74, 6) is -2.73. The van der Waals surface area contributed by atoms with Crippen molar-refractivity contribution in [2.45, 2.75) is 51.5 Å². The van der Waals surface area contributed by atoms with Crippen LogP contribution in [0.25, 0.3) is 0 Å². The van der Waals surface area contributed by atoms with Crippen molar-refractivity contribution in [2.24, 2.45) is 5.92 Å². The van der Waals surface area contributed by atoms with Gasteiger partial charge in [0.2, 0.25) is 0 Å². The Morgan fingerprint density at radius 2 is 1.81 bits per heavy atom. The first kappa shape index (κ1) is 17.9. The lowest BCUT2D eigenvalue weighted by molar-refractivity contribution is -0.159. The number of nitrogens with zero attached hydrogens (tertiary/aromatic N) is 1. The zero-order valence-electron chi connectivity index (χ0n) is 12.9. The second kappa shape index (κ2) is 9.73. The van der Waals surface area contributed by atoms with Crippen LogP contribution in [0.4, 0.5) is 0 Å². The molecule has 0 aliphatic carbocycles. The van der Waals surface area contributed by atoms with Crippen molar-refractivity contribution < 1.29 is 19.8 Å². The molecule has 2 atom stereocenters. The van der Waals surface area contributed by atoms with Crippen LogP contribution in [0.1, 0.15) is 45.4 Å². The van der Waals surface area contributed by atoms with Crippen LogP contribution in [0.15, 0.2) is 0 Å². The number of rotatable bonds is 2. The van der Waals surface area contributed by atoms with Crippen molar-refractivity contribution >= 4 is 11.9 Å². The lowest BCUT2D eigenvalue weighted by atomic mass is 9.99. The van der Waals surface area contributed by atoms with E-state index in [0.717, 1.165) is 12.0 Å². The molecule has 0 saturated carbocycles. The van der Waals surface area contributed by atoms with Crippen LogP contribution in [0.3, 0.4) is 0 Å². The summed E-state index contributed by atoms with van der Waals surface area (Å²) < 4.78 is 0. The van der Waals surface area contributed by atoms with Gasteiger partial charge in [-0.05, 0) is 44.7 Å². The van der Waals surface area contributed by atoms with E-state index in [4.69, 9.17) is 19.8 Å². The van der Waals surface area contributed by atoms with Gasteiger partial charge in [0.1, 0.15) is 0 Å². The molecule has 0 aromatic rings.